The largest absolute Gasteiger partial charge is 0.491 e. The molecule has 0 unspecified atom stereocenters. The average Bonchev–Trinajstić information content (AvgIpc) is 2.62. The second kappa shape index (κ2) is 9.30. The molecule has 0 spiro atoms. The lowest BCUT2D eigenvalue weighted by Crippen LogP contribution is -2.50. The van der Waals surface area contributed by atoms with Gasteiger partial charge in [0.2, 0.25) is 15.9 Å². The van der Waals surface area contributed by atoms with E-state index in [1.165, 1.54) is 0 Å². The number of benzene rings is 2. The quantitative estimate of drug-likeness (QED) is 0.704. The molecule has 0 aliphatic carbocycles. The number of nitrogens with zero attached hydrogens (tertiary/aromatic N) is 1. The number of anilines is 1. The molecule has 0 saturated carbocycles. The molecule has 28 heavy (non-hydrogen) atoms. The lowest BCUT2D eigenvalue weighted by Gasteiger charge is -2.29. The summed E-state index contributed by atoms with van der Waals surface area (Å²) >= 11 is 5.87. The summed E-state index contributed by atoms with van der Waals surface area (Å²) in [4.78, 5) is 12.6. The lowest BCUT2D eigenvalue weighted by atomic mass is 10.2. The van der Waals surface area contributed by atoms with Crippen molar-refractivity contribution in [1.29, 1.82) is 0 Å². The maximum atomic E-state index is 12.6. The van der Waals surface area contributed by atoms with Crippen LogP contribution in [0.15, 0.2) is 48.5 Å². The standard InChI is InChI=1S/C20H25ClN2O4S/c1-14-5-11-19(12-6-14)27-13-15(2)22-20(24)16(3)23(28(4,25)26)18-9-7-17(21)8-10-18/h5-12,15-16H,13H2,1-4H3,(H,22,24)/t15-,16+/m1/s1. The van der Waals surface area contributed by atoms with E-state index in [0.717, 1.165) is 16.1 Å². The highest BCUT2D eigenvalue weighted by atomic mass is 35.5. The number of hydrogen-bond donors (Lipinski definition) is 1. The third-order valence-electron chi connectivity index (χ3n) is 4.08. The molecule has 0 saturated heterocycles. The van der Waals surface area contributed by atoms with Crippen LogP contribution in [-0.4, -0.2) is 39.3 Å². The first-order valence-corrected chi connectivity index (χ1v) is 11.1. The second-order valence-corrected chi connectivity index (χ2v) is 9.04. The maximum Gasteiger partial charge on any atom is 0.243 e. The Balaban J connectivity index is 2.03. The Kier molecular flexibility index (Phi) is 7.32. The Morgan fingerprint density at radius 2 is 1.68 bits per heavy atom. The molecule has 1 N–H and O–H groups in total. The van der Waals surface area contributed by atoms with Crippen LogP contribution >= 0.6 is 11.6 Å². The lowest BCUT2D eigenvalue weighted by molar-refractivity contribution is -0.122. The number of amides is 1. The van der Waals surface area contributed by atoms with E-state index in [1.807, 2.05) is 31.2 Å². The fourth-order valence-corrected chi connectivity index (χ4v) is 3.96. The van der Waals surface area contributed by atoms with E-state index in [1.54, 1.807) is 38.1 Å². The van der Waals surface area contributed by atoms with Gasteiger partial charge < -0.3 is 10.1 Å². The zero-order valence-corrected chi connectivity index (χ0v) is 17.9. The van der Waals surface area contributed by atoms with Crippen molar-refractivity contribution in [3.63, 3.8) is 0 Å². The van der Waals surface area contributed by atoms with Crippen LogP contribution in [0.1, 0.15) is 19.4 Å². The van der Waals surface area contributed by atoms with Gasteiger partial charge in [0.1, 0.15) is 18.4 Å². The van der Waals surface area contributed by atoms with Crippen LogP contribution in [0.2, 0.25) is 5.02 Å². The number of nitrogens with one attached hydrogen (secondary N) is 1. The Labute approximate surface area is 171 Å². The molecule has 2 rings (SSSR count). The molecule has 8 heteroatoms. The normalized spacial score (nSPS) is 13.5. The van der Waals surface area contributed by atoms with Gasteiger partial charge in [-0.1, -0.05) is 29.3 Å². The molecule has 152 valence electrons. The third kappa shape index (κ3) is 6.14. The van der Waals surface area contributed by atoms with Crippen molar-refractivity contribution in [3.05, 3.63) is 59.1 Å². The van der Waals surface area contributed by atoms with E-state index < -0.39 is 22.0 Å². The Morgan fingerprint density at radius 3 is 2.21 bits per heavy atom. The summed E-state index contributed by atoms with van der Waals surface area (Å²) in [5.74, 6) is 0.291. The fraction of sp³-hybridized carbons (Fsp3) is 0.350. The summed E-state index contributed by atoms with van der Waals surface area (Å²) in [6, 6.07) is 12.7. The monoisotopic (exact) mass is 424 g/mol. The molecule has 0 heterocycles. The molecule has 2 aromatic rings. The average molecular weight is 425 g/mol. The van der Waals surface area contributed by atoms with E-state index in [2.05, 4.69) is 5.32 Å². The number of ether oxygens (including phenoxy) is 1. The summed E-state index contributed by atoms with van der Waals surface area (Å²) in [5, 5.41) is 3.28. The Morgan fingerprint density at radius 1 is 1.11 bits per heavy atom. The molecule has 2 aromatic carbocycles. The molecular weight excluding hydrogens is 400 g/mol. The van der Waals surface area contributed by atoms with Gasteiger partial charge in [-0.05, 0) is 57.2 Å². The van der Waals surface area contributed by atoms with Crippen molar-refractivity contribution < 1.29 is 17.9 Å². The van der Waals surface area contributed by atoms with Crippen LogP contribution in [0.5, 0.6) is 5.75 Å². The van der Waals surface area contributed by atoms with Gasteiger partial charge in [-0.15, -0.1) is 0 Å². The van der Waals surface area contributed by atoms with Crippen LogP contribution in [-0.2, 0) is 14.8 Å². The van der Waals surface area contributed by atoms with Gasteiger partial charge in [0.25, 0.3) is 0 Å². The molecule has 0 aliphatic rings. The zero-order valence-electron chi connectivity index (χ0n) is 16.3. The van der Waals surface area contributed by atoms with E-state index in [9.17, 15) is 13.2 Å². The number of rotatable bonds is 8. The van der Waals surface area contributed by atoms with Crippen molar-refractivity contribution in [2.45, 2.75) is 32.9 Å². The molecule has 0 aliphatic heterocycles. The van der Waals surface area contributed by atoms with Crippen LogP contribution in [0.3, 0.4) is 0 Å². The van der Waals surface area contributed by atoms with Gasteiger partial charge in [0, 0.05) is 5.02 Å². The van der Waals surface area contributed by atoms with Crippen LogP contribution in [0.4, 0.5) is 5.69 Å². The predicted molar refractivity (Wildman–Crippen MR) is 113 cm³/mol. The van der Waals surface area contributed by atoms with Crippen molar-refractivity contribution in [2.24, 2.45) is 0 Å². The minimum absolute atomic E-state index is 0.265. The van der Waals surface area contributed by atoms with Crippen molar-refractivity contribution in [2.75, 3.05) is 17.2 Å². The van der Waals surface area contributed by atoms with Gasteiger partial charge in [-0.2, -0.15) is 0 Å². The SMILES string of the molecule is Cc1ccc(OC[C@@H](C)NC(=O)[C@H](C)N(c2ccc(Cl)cc2)S(C)(=O)=O)cc1. The molecule has 6 nitrogen and oxygen atoms in total. The summed E-state index contributed by atoms with van der Waals surface area (Å²) in [6.45, 7) is 5.59. The first kappa shape index (κ1) is 22.0. The predicted octanol–water partition coefficient (Wildman–Crippen LogP) is 3.39. The highest BCUT2D eigenvalue weighted by Gasteiger charge is 2.29. The third-order valence-corrected chi connectivity index (χ3v) is 5.57. The van der Waals surface area contributed by atoms with Crippen LogP contribution < -0.4 is 14.4 Å². The van der Waals surface area contributed by atoms with Gasteiger partial charge in [0.05, 0.1) is 18.0 Å². The van der Waals surface area contributed by atoms with Gasteiger partial charge in [0.15, 0.2) is 0 Å². The molecular formula is C20H25ClN2O4S. The number of hydrogen-bond acceptors (Lipinski definition) is 4. The molecule has 0 aromatic heterocycles. The van der Waals surface area contributed by atoms with Gasteiger partial charge in [-0.3, -0.25) is 9.10 Å². The second-order valence-electron chi connectivity index (χ2n) is 6.74. The highest BCUT2D eigenvalue weighted by Crippen LogP contribution is 2.23. The number of aryl methyl sites for hydroxylation is 1. The number of carbonyl (C=O) groups excluding carboxylic acids is 1. The first-order chi connectivity index (χ1) is 13.1. The summed E-state index contributed by atoms with van der Waals surface area (Å²) in [5.41, 5.74) is 1.50. The molecule has 1 amide bonds. The summed E-state index contributed by atoms with van der Waals surface area (Å²) < 4.78 is 31.3. The summed E-state index contributed by atoms with van der Waals surface area (Å²) in [6.07, 6.45) is 1.06. The van der Waals surface area contributed by atoms with Crippen LogP contribution in [0, 0.1) is 6.92 Å². The minimum atomic E-state index is -3.67. The Bertz CT molecular complexity index is 899. The maximum absolute atomic E-state index is 12.6. The molecule has 0 fully saturated rings. The number of sulfonamides is 1. The number of carbonyl (C=O) groups is 1. The molecule has 0 radical (unpaired) electrons. The van der Waals surface area contributed by atoms with E-state index >= 15 is 0 Å². The Hall–Kier alpha value is -2.25. The topological polar surface area (TPSA) is 75.7 Å². The van der Waals surface area contributed by atoms with Crippen molar-refractivity contribution >= 4 is 33.2 Å². The highest BCUT2D eigenvalue weighted by molar-refractivity contribution is 7.92. The van der Waals surface area contributed by atoms with Gasteiger partial charge >= 0.3 is 0 Å². The zero-order chi connectivity index (χ0) is 20.9. The summed E-state index contributed by atoms with van der Waals surface area (Å²) in [7, 11) is -3.67. The smallest absolute Gasteiger partial charge is 0.243 e. The van der Waals surface area contributed by atoms with Crippen molar-refractivity contribution in [3.8, 4) is 5.75 Å². The minimum Gasteiger partial charge on any atom is -0.491 e. The van der Waals surface area contributed by atoms with Gasteiger partial charge in [-0.25, -0.2) is 8.42 Å². The fourth-order valence-electron chi connectivity index (χ4n) is 2.66. The van der Waals surface area contributed by atoms with Crippen LogP contribution in [0.25, 0.3) is 0 Å². The van der Waals surface area contributed by atoms with E-state index in [0.29, 0.717) is 16.5 Å². The van der Waals surface area contributed by atoms with E-state index in [-0.39, 0.29) is 12.6 Å². The van der Waals surface area contributed by atoms with Crippen molar-refractivity contribution in [1.82, 2.24) is 5.32 Å². The number of halogens is 1. The van der Waals surface area contributed by atoms with E-state index in [4.69, 9.17) is 16.3 Å². The molecule has 2 atom stereocenters. The first-order valence-electron chi connectivity index (χ1n) is 8.82. The molecule has 0 bridgehead atoms.